The van der Waals surface area contributed by atoms with Crippen molar-refractivity contribution in [3.05, 3.63) is 200 Å². The van der Waals surface area contributed by atoms with Gasteiger partial charge in [0.05, 0.1) is 0 Å². The number of hydrogen-bond acceptors (Lipinski definition) is 1. The molecule has 9 rings (SSSR count). The van der Waals surface area contributed by atoms with Gasteiger partial charge in [-0.2, -0.15) is 0 Å². The fraction of sp³-hybridized carbons (Fsp3) is 0. The number of hydrogen-bond donors (Lipinski definition) is 0. The fourth-order valence-electron chi connectivity index (χ4n) is 7.24. The van der Waals surface area contributed by atoms with Gasteiger partial charge in [-0.25, -0.2) is 0 Å². The monoisotopic (exact) mass is 623 g/mol. The summed E-state index contributed by atoms with van der Waals surface area (Å²) < 4.78 is 0. The Morgan fingerprint density at radius 2 is 0.755 bits per heavy atom. The Morgan fingerprint density at radius 1 is 0.265 bits per heavy atom. The van der Waals surface area contributed by atoms with Crippen LogP contribution in [0.25, 0.3) is 65.7 Å². The smallest absolute Gasteiger partial charge is 0.0462 e. The van der Waals surface area contributed by atoms with E-state index < -0.39 is 0 Å². The Kier molecular flexibility index (Phi) is 7.22. The van der Waals surface area contributed by atoms with Crippen LogP contribution in [-0.4, -0.2) is 0 Å². The van der Waals surface area contributed by atoms with Gasteiger partial charge < -0.3 is 4.90 Å². The molecule has 0 bridgehead atoms. The van der Waals surface area contributed by atoms with E-state index in [1.165, 1.54) is 65.7 Å². The molecule has 0 aliphatic heterocycles. The zero-order valence-corrected chi connectivity index (χ0v) is 27.0. The highest BCUT2D eigenvalue weighted by molar-refractivity contribution is 6.23. The predicted octanol–water partition coefficient (Wildman–Crippen LogP) is 13.6. The Bertz CT molecular complexity index is 2570. The summed E-state index contributed by atoms with van der Waals surface area (Å²) in [5.41, 5.74) is 10.7. The van der Waals surface area contributed by atoms with Crippen molar-refractivity contribution in [1.29, 1.82) is 0 Å². The number of para-hydroxylation sites is 1. The molecule has 0 aromatic heterocycles. The molecule has 0 saturated heterocycles. The van der Waals surface area contributed by atoms with E-state index >= 15 is 0 Å². The fourth-order valence-corrected chi connectivity index (χ4v) is 7.24. The minimum atomic E-state index is 1.12. The predicted molar refractivity (Wildman–Crippen MR) is 210 cm³/mol. The lowest BCUT2D eigenvalue weighted by Crippen LogP contribution is -2.09. The summed E-state index contributed by atoms with van der Waals surface area (Å²) in [6.45, 7) is 0. The summed E-state index contributed by atoms with van der Waals surface area (Å²) in [7, 11) is 0. The van der Waals surface area contributed by atoms with Crippen LogP contribution in [0.1, 0.15) is 0 Å². The molecule has 1 heteroatoms. The molecule has 0 spiro atoms. The summed E-state index contributed by atoms with van der Waals surface area (Å²) in [4.78, 5) is 2.33. The first-order valence-corrected chi connectivity index (χ1v) is 16.8. The van der Waals surface area contributed by atoms with E-state index in [4.69, 9.17) is 0 Å². The van der Waals surface area contributed by atoms with Gasteiger partial charge in [0.1, 0.15) is 0 Å². The number of anilines is 3. The van der Waals surface area contributed by atoms with Gasteiger partial charge in [-0.05, 0) is 114 Å². The lowest BCUT2D eigenvalue weighted by molar-refractivity contribution is 1.28. The van der Waals surface area contributed by atoms with Crippen LogP contribution in [0.15, 0.2) is 200 Å². The maximum atomic E-state index is 2.36. The van der Waals surface area contributed by atoms with E-state index in [1.807, 2.05) is 0 Å². The van der Waals surface area contributed by atoms with Gasteiger partial charge in [0.25, 0.3) is 0 Å². The van der Waals surface area contributed by atoms with Crippen LogP contribution in [0.3, 0.4) is 0 Å². The van der Waals surface area contributed by atoms with Crippen molar-refractivity contribution >= 4 is 49.4 Å². The lowest BCUT2D eigenvalue weighted by Gasteiger charge is -2.26. The van der Waals surface area contributed by atoms with Crippen molar-refractivity contribution < 1.29 is 0 Å². The third-order valence-electron chi connectivity index (χ3n) is 9.63. The van der Waals surface area contributed by atoms with Gasteiger partial charge in [0.2, 0.25) is 0 Å². The first-order valence-electron chi connectivity index (χ1n) is 16.8. The summed E-state index contributed by atoms with van der Waals surface area (Å²) in [5, 5.41) is 7.71. The van der Waals surface area contributed by atoms with Crippen LogP contribution in [-0.2, 0) is 0 Å². The Hall–Kier alpha value is -6.44. The normalized spacial score (nSPS) is 11.3. The first-order chi connectivity index (χ1) is 24.3. The van der Waals surface area contributed by atoms with Crippen molar-refractivity contribution in [2.45, 2.75) is 0 Å². The molecule has 9 aromatic carbocycles. The van der Waals surface area contributed by atoms with E-state index in [0.717, 1.165) is 17.1 Å². The third-order valence-corrected chi connectivity index (χ3v) is 9.63. The molecule has 0 heterocycles. The molecule has 230 valence electrons. The molecule has 1 nitrogen and oxygen atoms in total. The second-order valence-electron chi connectivity index (χ2n) is 12.6. The van der Waals surface area contributed by atoms with Gasteiger partial charge in [0.15, 0.2) is 0 Å². The molecule has 49 heavy (non-hydrogen) atoms. The minimum absolute atomic E-state index is 1.12. The molecular formula is C48H33N. The Labute approximate surface area is 287 Å². The maximum absolute atomic E-state index is 2.36. The highest BCUT2D eigenvalue weighted by Gasteiger charge is 2.15. The molecule has 0 fully saturated rings. The molecule has 9 aromatic rings. The van der Waals surface area contributed by atoms with Crippen molar-refractivity contribution in [2.24, 2.45) is 0 Å². The Balaban J connectivity index is 1.10. The third kappa shape index (κ3) is 5.32. The zero-order valence-electron chi connectivity index (χ0n) is 27.0. The second-order valence-corrected chi connectivity index (χ2v) is 12.6. The van der Waals surface area contributed by atoms with Crippen LogP contribution in [0.4, 0.5) is 17.1 Å². The van der Waals surface area contributed by atoms with Crippen LogP contribution < -0.4 is 4.90 Å². The number of fused-ring (bicyclic) bond motifs is 5. The summed E-state index contributed by atoms with van der Waals surface area (Å²) in [5.74, 6) is 0. The second kappa shape index (κ2) is 12.3. The largest absolute Gasteiger partial charge is 0.311 e. The van der Waals surface area contributed by atoms with Crippen molar-refractivity contribution in [3.63, 3.8) is 0 Å². The molecule has 0 N–H and O–H groups in total. The molecule has 0 aliphatic rings. The summed E-state index contributed by atoms with van der Waals surface area (Å²) >= 11 is 0. The van der Waals surface area contributed by atoms with Crippen LogP contribution in [0.5, 0.6) is 0 Å². The van der Waals surface area contributed by atoms with Crippen LogP contribution in [0.2, 0.25) is 0 Å². The molecular weight excluding hydrogens is 591 g/mol. The number of benzene rings is 9. The number of nitrogens with zero attached hydrogens (tertiary/aromatic N) is 1. The summed E-state index contributed by atoms with van der Waals surface area (Å²) in [6, 6.07) is 72.3. The molecule has 0 radical (unpaired) electrons. The van der Waals surface area contributed by atoms with Crippen molar-refractivity contribution in [1.82, 2.24) is 0 Å². The standard InChI is InChI=1S/C48H33N/c1-3-12-34(13-4-1)38-15-11-16-39(32-38)35-24-28-42(29-25-35)49(41-17-5-2-6-18-41)43-30-26-37(27-31-43)47-33-40-23-22-36-14-7-8-19-44(36)48(40)46-21-10-9-20-45(46)47/h1-33H. The van der Waals surface area contributed by atoms with Crippen molar-refractivity contribution in [2.75, 3.05) is 4.90 Å². The van der Waals surface area contributed by atoms with Gasteiger partial charge in [-0.3, -0.25) is 0 Å². The van der Waals surface area contributed by atoms with Crippen LogP contribution in [0, 0.1) is 0 Å². The maximum Gasteiger partial charge on any atom is 0.0462 e. The van der Waals surface area contributed by atoms with E-state index in [9.17, 15) is 0 Å². The molecule has 0 aliphatic carbocycles. The zero-order chi connectivity index (χ0) is 32.6. The Morgan fingerprint density at radius 3 is 1.45 bits per heavy atom. The highest BCUT2D eigenvalue weighted by atomic mass is 15.1. The van der Waals surface area contributed by atoms with E-state index in [1.54, 1.807) is 0 Å². The molecule has 0 amide bonds. The highest BCUT2D eigenvalue weighted by Crippen LogP contribution is 2.41. The molecule has 0 saturated carbocycles. The van der Waals surface area contributed by atoms with E-state index in [0.29, 0.717) is 0 Å². The van der Waals surface area contributed by atoms with Gasteiger partial charge in [0, 0.05) is 17.1 Å². The quantitative estimate of drug-likeness (QED) is 0.167. The molecule has 0 unspecified atom stereocenters. The first kappa shape index (κ1) is 28.8. The topological polar surface area (TPSA) is 3.24 Å². The average Bonchev–Trinajstić information content (AvgIpc) is 3.19. The average molecular weight is 624 g/mol. The van der Waals surface area contributed by atoms with Gasteiger partial charge in [-0.1, -0.05) is 152 Å². The van der Waals surface area contributed by atoms with E-state index in [2.05, 4.69) is 205 Å². The minimum Gasteiger partial charge on any atom is -0.311 e. The van der Waals surface area contributed by atoms with Crippen LogP contribution >= 0.6 is 0 Å². The van der Waals surface area contributed by atoms with Crippen molar-refractivity contribution in [3.8, 4) is 33.4 Å². The summed E-state index contributed by atoms with van der Waals surface area (Å²) in [6.07, 6.45) is 0. The lowest BCUT2D eigenvalue weighted by atomic mass is 9.91. The van der Waals surface area contributed by atoms with Gasteiger partial charge >= 0.3 is 0 Å². The van der Waals surface area contributed by atoms with Gasteiger partial charge in [-0.15, -0.1) is 0 Å². The van der Waals surface area contributed by atoms with E-state index in [-0.39, 0.29) is 0 Å². The molecule has 0 atom stereocenters. The SMILES string of the molecule is c1ccc(-c2cccc(-c3ccc(N(c4ccccc4)c4ccc(-c5cc6ccc7ccccc7c6c6ccccc56)cc4)cc3)c2)cc1. The number of rotatable bonds is 6.